The zero-order valence-corrected chi connectivity index (χ0v) is 14.4. The van der Waals surface area contributed by atoms with Crippen LogP contribution in [0.4, 0.5) is 0 Å². The number of likely N-dealkylation sites (N-methyl/N-ethyl adjacent to an activating group) is 2. The summed E-state index contributed by atoms with van der Waals surface area (Å²) in [6.07, 6.45) is 9.96. The van der Waals surface area contributed by atoms with Crippen LogP contribution in [0.3, 0.4) is 0 Å². The highest BCUT2D eigenvalue weighted by atomic mass is 79.9. The van der Waals surface area contributed by atoms with Gasteiger partial charge >= 0.3 is 0 Å². The molecule has 0 bridgehead atoms. The molecule has 1 aliphatic heterocycles. The maximum Gasteiger partial charge on any atom is 0.0223 e. The second kappa shape index (κ2) is 7.42. The molecule has 2 rings (SSSR count). The molecule has 2 aliphatic rings. The van der Waals surface area contributed by atoms with Gasteiger partial charge in [-0.3, -0.25) is 4.90 Å². The maximum absolute atomic E-state index is 3.80. The molecular weight excluding hydrogens is 300 g/mol. The normalized spacial score (nSPS) is 28.1. The second-order valence-corrected chi connectivity index (χ2v) is 7.38. The second-order valence-electron chi connectivity index (χ2n) is 6.82. The Morgan fingerprint density at radius 2 is 1.95 bits per heavy atom. The molecule has 112 valence electrons. The summed E-state index contributed by atoms with van der Waals surface area (Å²) < 4.78 is 0. The van der Waals surface area contributed by atoms with Crippen molar-refractivity contribution in [1.82, 2.24) is 9.80 Å². The van der Waals surface area contributed by atoms with Gasteiger partial charge in [-0.15, -0.1) is 0 Å². The number of hydrogen-bond acceptors (Lipinski definition) is 2. The smallest absolute Gasteiger partial charge is 0.0223 e. The average molecular weight is 331 g/mol. The summed E-state index contributed by atoms with van der Waals surface area (Å²) in [4.78, 5) is 5.28. The molecule has 1 aliphatic carbocycles. The van der Waals surface area contributed by atoms with Crippen molar-refractivity contribution < 1.29 is 0 Å². The van der Waals surface area contributed by atoms with Gasteiger partial charge in [0.15, 0.2) is 0 Å². The Hall–Kier alpha value is 0.400. The van der Waals surface area contributed by atoms with Gasteiger partial charge in [0.1, 0.15) is 0 Å². The van der Waals surface area contributed by atoms with E-state index in [0.29, 0.717) is 5.41 Å². The minimum absolute atomic E-state index is 0.558. The Bertz CT molecular complexity index is 263. The molecule has 1 unspecified atom stereocenters. The SMILES string of the molecule is CCN1CCCC1CN(C)CC1(CBr)CCCCC1. The number of halogens is 1. The Kier molecular flexibility index (Phi) is 6.16. The standard InChI is InChI=1S/C16H31BrN2/c1-3-19-11-7-8-15(19)12-18(2)14-16(13-17)9-5-4-6-10-16/h15H,3-14H2,1-2H3. The van der Waals surface area contributed by atoms with Crippen LogP contribution in [0, 0.1) is 5.41 Å². The fraction of sp³-hybridized carbons (Fsp3) is 1.00. The largest absolute Gasteiger partial charge is 0.304 e. The molecule has 3 heteroatoms. The molecule has 1 atom stereocenters. The van der Waals surface area contributed by atoms with E-state index in [1.807, 2.05) is 0 Å². The van der Waals surface area contributed by atoms with E-state index in [1.165, 1.54) is 76.5 Å². The lowest BCUT2D eigenvalue weighted by atomic mass is 9.75. The molecule has 0 spiro atoms. The first kappa shape index (κ1) is 15.8. The number of alkyl halides is 1. The summed E-state index contributed by atoms with van der Waals surface area (Å²) >= 11 is 3.80. The van der Waals surface area contributed by atoms with E-state index in [1.54, 1.807) is 0 Å². The lowest BCUT2D eigenvalue weighted by molar-refractivity contribution is 0.120. The average Bonchev–Trinajstić information content (AvgIpc) is 2.86. The monoisotopic (exact) mass is 330 g/mol. The molecule has 2 nitrogen and oxygen atoms in total. The zero-order chi connectivity index (χ0) is 13.7. The lowest BCUT2D eigenvalue weighted by Gasteiger charge is -2.40. The van der Waals surface area contributed by atoms with Crippen LogP contribution in [-0.4, -0.2) is 54.4 Å². The molecule has 0 aromatic rings. The molecule has 0 radical (unpaired) electrons. The van der Waals surface area contributed by atoms with Crippen molar-refractivity contribution in [2.75, 3.05) is 38.6 Å². The van der Waals surface area contributed by atoms with Gasteiger partial charge in [0.05, 0.1) is 0 Å². The Morgan fingerprint density at radius 3 is 2.58 bits per heavy atom. The van der Waals surface area contributed by atoms with Crippen LogP contribution in [0.2, 0.25) is 0 Å². The van der Waals surface area contributed by atoms with Gasteiger partial charge in [-0.05, 0) is 51.2 Å². The predicted molar refractivity (Wildman–Crippen MR) is 87.1 cm³/mol. The molecule has 0 aromatic heterocycles. The van der Waals surface area contributed by atoms with Crippen LogP contribution in [0.1, 0.15) is 51.9 Å². The van der Waals surface area contributed by atoms with Gasteiger partial charge in [-0.1, -0.05) is 42.1 Å². The third-order valence-electron chi connectivity index (χ3n) is 5.23. The van der Waals surface area contributed by atoms with Crippen LogP contribution in [0.5, 0.6) is 0 Å². The summed E-state index contributed by atoms with van der Waals surface area (Å²) in [5.41, 5.74) is 0.558. The van der Waals surface area contributed by atoms with Crippen molar-refractivity contribution in [3.8, 4) is 0 Å². The van der Waals surface area contributed by atoms with Gasteiger partial charge in [0.2, 0.25) is 0 Å². The maximum atomic E-state index is 3.80. The Balaban J connectivity index is 1.83. The molecule has 1 heterocycles. The minimum atomic E-state index is 0.558. The first-order valence-corrected chi connectivity index (χ1v) is 9.30. The van der Waals surface area contributed by atoms with Crippen molar-refractivity contribution in [3.05, 3.63) is 0 Å². The molecule has 0 amide bonds. The molecular formula is C16H31BrN2. The van der Waals surface area contributed by atoms with Crippen LogP contribution in [0.25, 0.3) is 0 Å². The van der Waals surface area contributed by atoms with Crippen molar-refractivity contribution in [3.63, 3.8) is 0 Å². The van der Waals surface area contributed by atoms with Crippen molar-refractivity contribution in [2.24, 2.45) is 5.41 Å². The Labute approximate surface area is 128 Å². The zero-order valence-electron chi connectivity index (χ0n) is 12.8. The van der Waals surface area contributed by atoms with E-state index in [4.69, 9.17) is 0 Å². The summed E-state index contributed by atoms with van der Waals surface area (Å²) in [6, 6.07) is 0.811. The van der Waals surface area contributed by atoms with Gasteiger partial charge in [0, 0.05) is 24.5 Å². The fourth-order valence-corrected chi connectivity index (χ4v) is 4.89. The lowest BCUT2D eigenvalue weighted by Crippen LogP contribution is -2.44. The quantitative estimate of drug-likeness (QED) is 0.684. The van der Waals surface area contributed by atoms with Crippen LogP contribution in [-0.2, 0) is 0 Å². The molecule has 19 heavy (non-hydrogen) atoms. The predicted octanol–water partition coefficient (Wildman–Crippen LogP) is 3.75. The highest BCUT2D eigenvalue weighted by molar-refractivity contribution is 9.09. The molecule has 0 N–H and O–H groups in total. The number of likely N-dealkylation sites (tertiary alicyclic amines) is 1. The van der Waals surface area contributed by atoms with Gasteiger partial charge in [-0.25, -0.2) is 0 Å². The third-order valence-corrected chi connectivity index (χ3v) is 6.42. The molecule has 2 fully saturated rings. The first-order valence-electron chi connectivity index (χ1n) is 8.18. The van der Waals surface area contributed by atoms with E-state index in [0.717, 1.165) is 6.04 Å². The van der Waals surface area contributed by atoms with E-state index < -0.39 is 0 Å². The third kappa shape index (κ3) is 4.18. The van der Waals surface area contributed by atoms with E-state index in [-0.39, 0.29) is 0 Å². The van der Waals surface area contributed by atoms with Gasteiger partial charge in [0.25, 0.3) is 0 Å². The summed E-state index contributed by atoms with van der Waals surface area (Å²) in [5.74, 6) is 0. The highest BCUT2D eigenvalue weighted by Gasteiger charge is 2.33. The van der Waals surface area contributed by atoms with E-state index in [9.17, 15) is 0 Å². The van der Waals surface area contributed by atoms with Crippen molar-refractivity contribution in [2.45, 2.75) is 57.9 Å². The molecule has 0 aromatic carbocycles. The summed E-state index contributed by atoms with van der Waals surface area (Å²) in [5, 5.41) is 1.19. The molecule has 1 saturated carbocycles. The fourth-order valence-electron chi connectivity index (χ4n) is 4.15. The highest BCUT2D eigenvalue weighted by Crippen LogP contribution is 2.38. The first-order chi connectivity index (χ1) is 9.19. The van der Waals surface area contributed by atoms with Crippen LogP contribution < -0.4 is 0 Å². The summed E-state index contributed by atoms with van der Waals surface area (Å²) in [7, 11) is 2.34. The van der Waals surface area contributed by atoms with E-state index >= 15 is 0 Å². The number of hydrogen-bond donors (Lipinski definition) is 0. The minimum Gasteiger partial charge on any atom is -0.304 e. The Morgan fingerprint density at radius 1 is 1.21 bits per heavy atom. The van der Waals surface area contributed by atoms with Crippen molar-refractivity contribution in [1.29, 1.82) is 0 Å². The topological polar surface area (TPSA) is 6.48 Å². The molecule has 1 saturated heterocycles. The number of rotatable bonds is 6. The van der Waals surface area contributed by atoms with Gasteiger partial charge in [-0.2, -0.15) is 0 Å². The number of nitrogens with zero attached hydrogens (tertiary/aromatic N) is 2. The van der Waals surface area contributed by atoms with E-state index in [2.05, 4.69) is 39.7 Å². The van der Waals surface area contributed by atoms with Crippen LogP contribution >= 0.6 is 15.9 Å². The van der Waals surface area contributed by atoms with Gasteiger partial charge < -0.3 is 4.90 Å². The van der Waals surface area contributed by atoms with Crippen molar-refractivity contribution >= 4 is 15.9 Å². The van der Waals surface area contributed by atoms with Crippen LogP contribution in [0.15, 0.2) is 0 Å². The summed E-state index contributed by atoms with van der Waals surface area (Å²) in [6.45, 7) is 7.40.